The summed E-state index contributed by atoms with van der Waals surface area (Å²) in [6, 6.07) is 1.12. The summed E-state index contributed by atoms with van der Waals surface area (Å²) in [5.74, 6) is -1.93. The Labute approximate surface area is 116 Å². The van der Waals surface area contributed by atoms with E-state index in [2.05, 4.69) is 10.2 Å². The first kappa shape index (κ1) is 14.4. The van der Waals surface area contributed by atoms with Gasteiger partial charge in [-0.15, -0.1) is 0 Å². The van der Waals surface area contributed by atoms with Crippen molar-refractivity contribution in [3.05, 3.63) is 52.6 Å². The molecule has 0 unspecified atom stereocenters. The summed E-state index contributed by atoms with van der Waals surface area (Å²) in [4.78, 5) is 40.4. The highest BCUT2D eigenvalue weighted by Crippen LogP contribution is 2.26. The van der Waals surface area contributed by atoms with Crippen LogP contribution in [0.2, 0.25) is 0 Å². The van der Waals surface area contributed by atoms with Crippen LogP contribution in [0.25, 0.3) is 11.4 Å². The van der Waals surface area contributed by atoms with E-state index < -0.39 is 42.9 Å². The van der Waals surface area contributed by atoms with E-state index in [9.17, 15) is 40.5 Å². The fourth-order valence-corrected chi connectivity index (χ4v) is 1.50. The van der Waals surface area contributed by atoms with Crippen LogP contribution in [0.5, 0.6) is 0 Å². The molecule has 22 heavy (non-hydrogen) atoms. The third-order valence-electron chi connectivity index (χ3n) is 2.30. The van der Waals surface area contributed by atoms with Gasteiger partial charge in [-0.1, -0.05) is 0 Å². The first-order valence-electron chi connectivity index (χ1n) is 5.01. The molecule has 0 radical (unpaired) electrons. The molecule has 0 amide bonds. The van der Waals surface area contributed by atoms with Crippen molar-refractivity contribution in [3.8, 4) is 11.4 Å². The van der Waals surface area contributed by atoms with Crippen molar-refractivity contribution in [1.29, 1.82) is 0 Å². The molecule has 0 saturated carbocycles. The van der Waals surface area contributed by atoms with E-state index in [-0.39, 0.29) is 9.58 Å². The Bertz CT molecular complexity index is 750. The van der Waals surface area contributed by atoms with E-state index in [1.54, 1.807) is 0 Å². The van der Waals surface area contributed by atoms with Gasteiger partial charge in [0.05, 0.1) is 22.2 Å². The predicted molar refractivity (Wildman–Crippen MR) is 61.5 cm³/mol. The molecule has 114 valence electrons. The molecule has 16 heteroatoms. The van der Waals surface area contributed by atoms with Crippen LogP contribution in [0.4, 0.5) is 11.6 Å². The summed E-state index contributed by atoms with van der Waals surface area (Å²) < 4.78 is 0. The average molecular weight is 314 g/mol. The normalized spacial score (nSPS) is 10.4. The van der Waals surface area contributed by atoms with Gasteiger partial charge in [0.2, 0.25) is 0 Å². The van der Waals surface area contributed by atoms with Gasteiger partial charge in [0.1, 0.15) is 10.2 Å². The van der Waals surface area contributed by atoms with Crippen molar-refractivity contribution in [1.82, 2.24) is 19.8 Å². The largest absolute Gasteiger partial charge is 0.395 e. The first-order chi connectivity index (χ1) is 10.2. The van der Waals surface area contributed by atoms with Crippen LogP contribution in [-0.4, -0.2) is 39.7 Å². The van der Waals surface area contributed by atoms with E-state index >= 15 is 0 Å². The van der Waals surface area contributed by atoms with E-state index in [0.717, 1.165) is 0 Å². The molecule has 0 spiro atoms. The molecule has 0 fully saturated rings. The predicted octanol–water partition coefficient (Wildman–Crippen LogP) is -0.357. The lowest BCUT2D eigenvalue weighted by Gasteiger charge is -1.98. The van der Waals surface area contributed by atoms with Crippen LogP contribution in [0, 0.1) is 40.5 Å². The minimum absolute atomic E-state index is 0.112. The Morgan fingerprint density at radius 3 is 1.27 bits per heavy atom. The lowest BCUT2D eigenvalue weighted by Crippen LogP contribution is -2.16. The molecule has 0 N–H and O–H groups in total. The molecule has 0 aliphatic rings. The third-order valence-corrected chi connectivity index (χ3v) is 2.30. The Morgan fingerprint density at radius 1 is 0.727 bits per heavy atom. The Kier molecular flexibility index (Phi) is 3.18. The molecule has 2 aromatic rings. The van der Waals surface area contributed by atoms with E-state index in [1.807, 2.05) is 0 Å². The monoisotopic (exact) mass is 314 g/mol. The summed E-state index contributed by atoms with van der Waals surface area (Å²) in [6.07, 6.45) is 0. The molecule has 0 atom stereocenters. The first-order valence-corrected chi connectivity index (χ1v) is 5.01. The van der Waals surface area contributed by atoms with Crippen LogP contribution >= 0.6 is 0 Å². The molecule has 0 bridgehead atoms. The van der Waals surface area contributed by atoms with Gasteiger partial charge in [0.25, 0.3) is 0 Å². The number of nitrogens with zero attached hydrogens (tertiary/aromatic N) is 8. The minimum atomic E-state index is -1.19. The molecule has 16 nitrogen and oxygen atoms in total. The summed E-state index contributed by atoms with van der Waals surface area (Å²) in [6.45, 7) is 0. The van der Waals surface area contributed by atoms with Gasteiger partial charge in [-0.3, -0.25) is 0 Å². The van der Waals surface area contributed by atoms with E-state index in [1.165, 1.54) is 0 Å². The maximum absolute atomic E-state index is 10.8. The molecule has 0 aliphatic heterocycles. The number of nitro groups is 4. The maximum Gasteiger partial charge on any atom is 0.395 e. The SMILES string of the molecule is O=[N+]([O-])c1cc(-c2cc([N+](=O)[O-])nn2[N+](=O)[O-])n([N+](=O)[O-])n1. The second-order valence-corrected chi connectivity index (χ2v) is 3.54. The Hall–Kier alpha value is -3.98. The van der Waals surface area contributed by atoms with Crippen LogP contribution in [0.3, 0.4) is 0 Å². The van der Waals surface area contributed by atoms with E-state index in [4.69, 9.17) is 0 Å². The second-order valence-electron chi connectivity index (χ2n) is 3.54. The molecule has 2 aromatic heterocycles. The van der Waals surface area contributed by atoms with Gasteiger partial charge in [-0.25, -0.2) is 0 Å². The highest BCUT2D eigenvalue weighted by molar-refractivity contribution is 5.59. The van der Waals surface area contributed by atoms with Crippen LogP contribution in [0.1, 0.15) is 0 Å². The van der Waals surface area contributed by atoms with Gasteiger partial charge in [-0.05, 0) is 9.85 Å². The number of hydrogen-bond donors (Lipinski definition) is 0. The van der Waals surface area contributed by atoms with Gasteiger partial charge in [-0.2, -0.15) is 0 Å². The minimum Gasteiger partial charge on any atom is -0.358 e. The molecule has 0 aromatic carbocycles. The van der Waals surface area contributed by atoms with Crippen LogP contribution in [0.15, 0.2) is 12.1 Å². The summed E-state index contributed by atoms with van der Waals surface area (Å²) in [7, 11) is 0. The van der Waals surface area contributed by atoms with Crippen LogP contribution < -0.4 is 0 Å². The highest BCUT2D eigenvalue weighted by Gasteiger charge is 2.32. The van der Waals surface area contributed by atoms with Crippen molar-refractivity contribution in [2.45, 2.75) is 0 Å². The standard InChI is InChI=1S/C6H2N8O8/c15-11(16)5-1-3(9(7-5)13(19)20)4-2-6(12(17)18)8-10(4)14(21)22/h1-2H. The number of rotatable bonds is 5. The molecule has 0 saturated heterocycles. The van der Waals surface area contributed by atoms with Gasteiger partial charge in [0, 0.05) is 9.58 Å². The fraction of sp³-hybridized carbons (Fsp3) is 0. The number of hydrogen-bond acceptors (Lipinski definition) is 10. The molecule has 2 rings (SSSR count). The van der Waals surface area contributed by atoms with Crippen molar-refractivity contribution in [2.75, 3.05) is 0 Å². The topological polar surface area (TPSA) is 208 Å². The summed E-state index contributed by atoms with van der Waals surface area (Å²) in [5, 5.41) is 46.5. The zero-order valence-electron chi connectivity index (χ0n) is 10.00. The van der Waals surface area contributed by atoms with Gasteiger partial charge in [0.15, 0.2) is 11.4 Å². The molecule has 2 heterocycles. The number of aromatic nitrogens is 4. The zero-order valence-corrected chi connectivity index (χ0v) is 10.00. The Balaban J connectivity index is 2.75. The van der Waals surface area contributed by atoms with Gasteiger partial charge >= 0.3 is 11.6 Å². The molecular formula is C6H2N8O8. The van der Waals surface area contributed by atoms with Crippen molar-refractivity contribution in [2.24, 2.45) is 0 Å². The lowest BCUT2D eigenvalue weighted by atomic mass is 10.3. The Morgan fingerprint density at radius 2 is 1.05 bits per heavy atom. The fourth-order valence-electron chi connectivity index (χ4n) is 1.50. The smallest absolute Gasteiger partial charge is 0.358 e. The van der Waals surface area contributed by atoms with Crippen molar-refractivity contribution >= 4 is 11.6 Å². The molecule has 0 aliphatic carbocycles. The summed E-state index contributed by atoms with van der Waals surface area (Å²) >= 11 is 0. The molecular weight excluding hydrogens is 312 g/mol. The summed E-state index contributed by atoms with van der Waals surface area (Å²) in [5.41, 5.74) is -1.43. The highest BCUT2D eigenvalue weighted by atomic mass is 16.7. The lowest BCUT2D eigenvalue weighted by molar-refractivity contribution is -0.557. The van der Waals surface area contributed by atoms with Crippen molar-refractivity contribution in [3.63, 3.8) is 0 Å². The van der Waals surface area contributed by atoms with Crippen molar-refractivity contribution < 1.29 is 19.9 Å². The van der Waals surface area contributed by atoms with E-state index in [0.29, 0.717) is 12.1 Å². The van der Waals surface area contributed by atoms with Crippen LogP contribution in [-0.2, 0) is 0 Å². The van der Waals surface area contributed by atoms with Gasteiger partial charge < -0.3 is 40.5 Å². The maximum atomic E-state index is 10.8. The third kappa shape index (κ3) is 2.26. The second kappa shape index (κ2) is 4.85. The zero-order chi connectivity index (χ0) is 16.6. The average Bonchev–Trinajstić information content (AvgIpc) is 3.02. The quantitative estimate of drug-likeness (QED) is 0.516.